The standard InChI is InChI=1S/C27H34N2O4/c1-19-5-4-6-20(2)29(19)26(30)18-33-25-15-9-22(10-16-25)27(31)28(23-11-12-23)17-21-7-13-24(32-3)14-8-21/h7-10,13-16,19-20,23H,4-6,11-12,17-18H2,1-3H3. The van der Waals surface area contributed by atoms with Gasteiger partial charge in [-0.05, 0) is 87.9 Å². The second kappa shape index (κ2) is 10.3. The summed E-state index contributed by atoms with van der Waals surface area (Å²) in [4.78, 5) is 29.8. The van der Waals surface area contributed by atoms with Gasteiger partial charge in [-0.3, -0.25) is 9.59 Å². The Balaban J connectivity index is 1.36. The molecule has 2 aromatic carbocycles. The third-order valence-electron chi connectivity index (χ3n) is 6.71. The number of likely N-dealkylation sites (tertiary alicyclic amines) is 1. The molecule has 6 nitrogen and oxygen atoms in total. The second-order valence-electron chi connectivity index (χ2n) is 9.26. The molecule has 1 heterocycles. The van der Waals surface area contributed by atoms with Crippen molar-refractivity contribution in [3.05, 3.63) is 59.7 Å². The van der Waals surface area contributed by atoms with E-state index in [1.54, 1.807) is 31.4 Å². The first kappa shape index (κ1) is 23.1. The molecule has 176 valence electrons. The van der Waals surface area contributed by atoms with Crippen LogP contribution in [0.2, 0.25) is 0 Å². The number of carbonyl (C=O) groups excluding carboxylic acids is 2. The maximum atomic E-state index is 13.2. The van der Waals surface area contributed by atoms with E-state index in [-0.39, 0.29) is 30.5 Å². The second-order valence-corrected chi connectivity index (χ2v) is 9.26. The number of carbonyl (C=O) groups is 2. The molecule has 0 radical (unpaired) electrons. The van der Waals surface area contributed by atoms with Gasteiger partial charge in [0.05, 0.1) is 7.11 Å². The Hall–Kier alpha value is -3.02. The van der Waals surface area contributed by atoms with E-state index in [9.17, 15) is 9.59 Å². The monoisotopic (exact) mass is 450 g/mol. The molecule has 6 heteroatoms. The lowest BCUT2D eigenvalue weighted by atomic mass is 9.97. The van der Waals surface area contributed by atoms with Gasteiger partial charge < -0.3 is 19.3 Å². The van der Waals surface area contributed by atoms with E-state index in [0.29, 0.717) is 23.9 Å². The fraction of sp³-hybridized carbons (Fsp3) is 0.481. The van der Waals surface area contributed by atoms with Gasteiger partial charge in [-0.25, -0.2) is 0 Å². The van der Waals surface area contributed by atoms with Gasteiger partial charge in [0, 0.05) is 30.2 Å². The lowest BCUT2D eigenvalue weighted by Crippen LogP contribution is -2.49. The average Bonchev–Trinajstić information content (AvgIpc) is 3.67. The summed E-state index contributed by atoms with van der Waals surface area (Å²) in [6.45, 7) is 4.80. The van der Waals surface area contributed by atoms with E-state index in [2.05, 4.69) is 13.8 Å². The lowest BCUT2D eigenvalue weighted by Gasteiger charge is -2.38. The van der Waals surface area contributed by atoms with Gasteiger partial charge in [-0.1, -0.05) is 12.1 Å². The number of ether oxygens (including phenoxy) is 2. The van der Waals surface area contributed by atoms with E-state index < -0.39 is 0 Å². The zero-order valence-corrected chi connectivity index (χ0v) is 19.8. The van der Waals surface area contributed by atoms with E-state index in [0.717, 1.165) is 37.0 Å². The van der Waals surface area contributed by atoms with Crippen LogP contribution in [0.5, 0.6) is 11.5 Å². The van der Waals surface area contributed by atoms with Crippen LogP contribution in [0.3, 0.4) is 0 Å². The molecule has 2 aromatic rings. The number of hydrogen-bond donors (Lipinski definition) is 0. The molecule has 2 aliphatic rings. The van der Waals surface area contributed by atoms with Crippen molar-refractivity contribution in [3.63, 3.8) is 0 Å². The Labute approximate surface area is 196 Å². The largest absolute Gasteiger partial charge is 0.497 e. The molecule has 2 fully saturated rings. The van der Waals surface area contributed by atoms with Crippen LogP contribution < -0.4 is 9.47 Å². The fourth-order valence-corrected chi connectivity index (χ4v) is 4.67. The summed E-state index contributed by atoms with van der Waals surface area (Å²) >= 11 is 0. The number of amides is 2. The number of nitrogens with zero attached hydrogens (tertiary/aromatic N) is 2. The number of hydrogen-bond acceptors (Lipinski definition) is 4. The van der Waals surface area contributed by atoms with Crippen molar-refractivity contribution < 1.29 is 19.1 Å². The van der Waals surface area contributed by atoms with Crippen molar-refractivity contribution in [3.8, 4) is 11.5 Å². The molecule has 1 saturated heterocycles. The van der Waals surface area contributed by atoms with Crippen molar-refractivity contribution in [2.75, 3.05) is 13.7 Å². The summed E-state index contributed by atoms with van der Waals surface area (Å²) in [6.07, 6.45) is 5.33. The summed E-state index contributed by atoms with van der Waals surface area (Å²) in [5, 5.41) is 0. The van der Waals surface area contributed by atoms with Crippen LogP contribution in [0.1, 0.15) is 61.9 Å². The van der Waals surface area contributed by atoms with Crippen LogP contribution in [0, 0.1) is 0 Å². The van der Waals surface area contributed by atoms with Crippen LogP contribution in [0.4, 0.5) is 0 Å². The van der Waals surface area contributed by atoms with Crippen molar-refractivity contribution in [1.29, 1.82) is 0 Å². The predicted octanol–water partition coefficient (Wildman–Crippen LogP) is 4.67. The van der Waals surface area contributed by atoms with Crippen molar-refractivity contribution in [1.82, 2.24) is 9.80 Å². The Bertz CT molecular complexity index is 943. The molecule has 4 rings (SSSR count). The molecule has 1 aliphatic heterocycles. The van der Waals surface area contributed by atoms with E-state index in [4.69, 9.17) is 9.47 Å². The van der Waals surface area contributed by atoms with E-state index in [1.807, 2.05) is 34.1 Å². The van der Waals surface area contributed by atoms with E-state index >= 15 is 0 Å². The number of benzene rings is 2. The molecule has 0 N–H and O–H groups in total. The van der Waals surface area contributed by atoms with Gasteiger partial charge in [0.1, 0.15) is 11.5 Å². The first-order chi connectivity index (χ1) is 16.0. The van der Waals surface area contributed by atoms with Crippen molar-refractivity contribution >= 4 is 11.8 Å². The van der Waals surface area contributed by atoms with Gasteiger partial charge >= 0.3 is 0 Å². The smallest absolute Gasteiger partial charge is 0.260 e. The SMILES string of the molecule is COc1ccc(CN(C(=O)c2ccc(OCC(=O)N3C(C)CCCC3C)cc2)C2CC2)cc1. The lowest BCUT2D eigenvalue weighted by molar-refractivity contribution is -0.139. The van der Waals surface area contributed by atoms with Crippen molar-refractivity contribution in [2.45, 2.75) is 70.6 Å². The Morgan fingerprint density at radius 2 is 1.52 bits per heavy atom. The molecule has 0 bridgehead atoms. The molecule has 0 spiro atoms. The van der Waals surface area contributed by atoms with Gasteiger partial charge in [0.15, 0.2) is 6.61 Å². The predicted molar refractivity (Wildman–Crippen MR) is 127 cm³/mol. The quantitative estimate of drug-likeness (QED) is 0.587. The average molecular weight is 451 g/mol. The zero-order chi connectivity index (χ0) is 23.4. The molecule has 1 aliphatic carbocycles. The molecule has 2 amide bonds. The molecular weight excluding hydrogens is 416 g/mol. The van der Waals surface area contributed by atoms with Gasteiger partial charge in [0.2, 0.25) is 0 Å². The van der Waals surface area contributed by atoms with Crippen LogP contribution in [0.15, 0.2) is 48.5 Å². The Kier molecular flexibility index (Phi) is 7.21. The third kappa shape index (κ3) is 5.67. The molecule has 33 heavy (non-hydrogen) atoms. The Morgan fingerprint density at radius 1 is 0.909 bits per heavy atom. The molecule has 2 unspecified atom stereocenters. The minimum Gasteiger partial charge on any atom is -0.497 e. The first-order valence-electron chi connectivity index (χ1n) is 11.9. The summed E-state index contributed by atoms with van der Waals surface area (Å²) in [6, 6.07) is 15.8. The first-order valence-corrected chi connectivity index (χ1v) is 11.9. The highest BCUT2D eigenvalue weighted by atomic mass is 16.5. The Morgan fingerprint density at radius 3 is 2.09 bits per heavy atom. The minimum atomic E-state index is 0.0203. The summed E-state index contributed by atoms with van der Waals surface area (Å²) in [5.74, 6) is 1.45. The van der Waals surface area contributed by atoms with Crippen LogP contribution in [-0.2, 0) is 11.3 Å². The highest BCUT2D eigenvalue weighted by Gasteiger charge is 2.33. The normalized spacial score (nSPS) is 20.3. The molecule has 1 saturated carbocycles. The number of methoxy groups -OCH3 is 1. The van der Waals surface area contributed by atoms with Crippen LogP contribution >= 0.6 is 0 Å². The molecule has 0 aromatic heterocycles. The number of rotatable bonds is 8. The minimum absolute atomic E-state index is 0.0203. The maximum absolute atomic E-state index is 13.2. The summed E-state index contributed by atoms with van der Waals surface area (Å²) in [5.41, 5.74) is 1.71. The highest BCUT2D eigenvalue weighted by Crippen LogP contribution is 2.30. The molecule has 2 atom stereocenters. The third-order valence-corrected chi connectivity index (χ3v) is 6.71. The van der Waals surface area contributed by atoms with Crippen LogP contribution in [0.25, 0.3) is 0 Å². The summed E-state index contributed by atoms with van der Waals surface area (Å²) < 4.78 is 11.0. The highest BCUT2D eigenvalue weighted by molar-refractivity contribution is 5.94. The summed E-state index contributed by atoms with van der Waals surface area (Å²) in [7, 11) is 1.65. The topological polar surface area (TPSA) is 59.1 Å². The van der Waals surface area contributed by atoms with Gasteiger partial charge in [-0.2, -0.15) is 0 Å². The fourth-order valence-electron chi connectivity index (χ4n) is 4.67. The van der Waals surface area contributed by atoms with Gasteiger partial charge in [-0.15, -0.1) is 0 Å². The van der Waals surface area contributed by atoms with Crippen LogP contribution in [-0.4, -0.2) is 53.5 Å². The van der Waals surface area contributed by atoms with Crippen molar-refractivity contribution in [2.24, 2.45) is 0 Å². The van der Waals surface area contributed by atoms with Gasteiger partial charge in [0.25, 0.3) is 11.8 Å². The number of piperidine rings is 1. The van der Waals surface area contributed by atoms with E-state index in [1.165, 1.54) is 6.42 Å². The maximum Gasteiger partial charge on any atom is 0.260 e. The molecular formula is C27H34N2O4. The zero-order valence-electron chi connectivity index (χ0n) is 19.8.